The number of esters is 1. The first kappa shape index (κ1) is 16.3. The van der Waals surface area contributed by atoms with Gasteiger partial charge < -0.3 is 10.5 Å². The van der Waals surface area contributed by atoms with Crippen LogP contribution in [0.2, 0.25) is 0 Å². The maximum absolute atomic E-state index is 11.2. The lowest BCUT2D eigenvalue weighted by Gasteiger charge is -2.10. The normalized spacial score (nSPS) is 11.2. The second kappa shape index (κ2) is 7.62. The molecule has 7 heteroatoms. The highest BCUT2D eigenvalue weighted by molar-refractivity contribution is 5.85. The summed E-state index contributed by atoms with van der Waals surface area (Å²) in [7, 11) is 0. The zero-order valence-corrected chi connectivity index (χ0v) is 10.7. The maximum atomic E-state index is 11.2. The third-order valence-corrected chi connectivity index (χ3v) is 2.22. The summed E-state index contributed by atoms with van der Waals surface area (Å²) in [5, 5.41) is 10.4. The van der Waals surface area contributed by atoms with Crippen LogP contribution in [0.4, 0.5) is 5.69 Å². The minimum absolute atomic E-state index is 0. The largest absolute Gasteiger partial charge is 0.466 e. The maximum Gasteiger partial charge on any atom is 0.307 e. The molecule has 6 nitrogen and oxygen atoms in total. The van der Waals surface area contributed by atoms with Crippen LogP contribution in [-0.4, -0.2) is 17.5 Å². The van der Waals surface area contributed by atoms with Gasteiger partial charge in [0.05, 0.1) is 18.0 Å². The van der Waals surface area contributed by atoms with E-state index in [1.54, 1.807) is 19.1 Å². The quantitative estimate of drug-likeness (QED) is 0.503. The Hall–Kier alpha value is -1.66. The van der Waals surface area contributed by atoms with Crippen molar-refractivity contribution >= 4 is 24.1 Å². The van der Waals surface area contributed by atoms with Crippen LogP contribution in [0.25, 0.3) is 0 Å². The van der Waals surface area contributed by atoms with Gasteiger partial charge in [-0.05, 0) is 12.5 Å². The fraction of sp³-hybridized carbons (Fsp3) is 0.364. The Balaban J connectivity index is 0.00000289. The summed E-state index contributed by atoms with van der Waals surface area (Å²) >= 11 is 0. The number of hydrogen-bond donors (Lipinski definition) is 1. The number of ether oxygens (including phenoxy) is 1. The van der Waals surface area contributed by atoms with Gasteiger partial charge in [-0.1, -0.05) is 12.1 Å². The van der Waals surface area contributed by atoms with Crippen LogP contribution in [0.5, 0.6) is 0 Å². The topological polar surface area (TPSA) is 95.5 Å². The van der Waals surface area contributed by atoms with E-state index in [4.69, 9.17) is 10.5 Å². The van der Waals surface area contributed by atoms with Crippen molar-refractivity contribution in [1.82, 2.24) is 0 Å². The molecule has 1 unspecified atom stereocenters. The van der Waals surface area contributed by atoms with Gasteiger partial charge in [0.2, 0.25) is 0 Å². The molecule has 0 saturated heterocycles. The van der Waals surface area contributed by atoms with Crippen molar-refractivity contribution in [2.24, 2.45) is 5.73 Å². The van der Waals surface area contributed by atoms with Crippen molar-refractivity contribution in [3.8, 4) is 0 Å². The van der Waals surface area contributed by atoms with Gasteiger partial charge in [0.25, 0.3) is 5.69 Å². The average Bonchev–Trinajstić information content (AvgIpc) is 2.29. The molecule has 1 aromatic rings. The zero-order valence-electron chi connectivity index (χ0n) is 9.87. The molecular weight excluding hydrogens is 260 g/mol. The van der Waals surface area contributed by atoms with Gasteiger partial charge in [0.1, 0.15) is 0 Å². The summed E-state index contributed by atoms with van der Waals surface area (Å²) in [6.07, 6.45) is 0.0612. The Morgan fingerprint density at radius 2 is 2.00 bits per heavy atom. The fourth-order valence-electron chi connectivity index (χ4n) is 1.36. The van der Waals surface area contributed by atoms with Crippen LogP contribution in [0, 0.1) is 10.1 Å². The van der Waals surface area contributed by atoms with E-state index in [9.17, 15) is 14.9 Å². The van der Waals surface area contributed by atoms with Crippen LogP contribution in [0.15, 0.2) is 24.3 Å². The minimum atomic E-state index is -0.505. The van der Waals surface area contributed by atoms with E-state index < -0.39 is 11.0 Å². The molecule has 1 aromatic carbocycles. The molecule has 18 heavy (non-hydrogen) atoms. The lowest BCUT2D eigenvalue weighted by molar-refractivity contribution is -0.384. The fourth-order valence-corrected chi connectivity index (χ4v) is 1.36. The monoisotopic (exact) mass is 274 g/mol. The van der Waals surface area contributed by atoms with Crippen molar-refractivity contribution < 1.29 is 14.5 Å². The molecule has 0 saturated carbocycles. The molecule has 0 aliphatic carbocycles. The highest BCUT2D eigenvalue weighted by Crippen LogP contribution is 2.18. The SMILES string of the molecule is CCOC(=O)CC(N)c1ccc([N+](=O)[O-])cc1.Cl. The molecule has 0 radical (unpaired) electrons. The molecule has 100 valence electrons. The zero-order chi connectivity index (χ0) is 12.8. The van der Waals surface area contributed by atoms with Crippen molar-refractivity contribution in [3.05, 3.63) is 39.9 Å². The summed E-state index contributed by atoms with van der Waals surface area (Å²) in [6.45, 7) is 2.03. The number of carbonyl (C=O) groups is 1. The summed E-state index contributed by atoms with van der Waals surface area (Å²) in [5.74, 6) is -0.377. The van der Waals surface area contributed by atoms with E-state index in [0.717, 1.165) is 0 Å². The Bertz CT molecular complexity index is 408. The second-order valence-electron chi connectivity index (χ2n) is 3.46. The molecule has 1 rings (SSSR count). The van der Waals surface area contributed by atoms with E-state index in [2.05, 4.69) is 0 Å². The van der Waals surface area contributed by atoms with Crippen LogP contribution in [0.3, 0.4) is 0 Å². The second-order valence-corrected chi connectivity index (χ2v) is 3.46. The molecule has 0 aliphatic heterocycles. The molecule has 2 N–H and O–H groups in total. The van der Waals surface area contributed by atoms with E-state index >= 15 is 0 Å². The number of nitro benzene ring substituents is 1. The number of rotatable bonds is 5. The van der Waals surface area contributed by atoms with E-state index in [-0.39, 0.29) is 30.5 Å². The standard InChI is InChI=1S/C11H14N2O4.ClH/c1-2-17-11(14)7-10(12)8-3-5-9(6-4-8)13(15)16;/h3-6,10H,2,7,12H2,1H3;1H. The van der Waals surface area contributed by atoms with E-state index in [1.165, 1.54) is 12.1 Å². The first-order valence-electron chi connectivity index (χ1n) is 5.20. The Kier molecular flexibility index (Phi) is 6.92. The molecular formula is C11H15ClN2O4. The third kappa shape index (κ3) is 4.68. The number of nitrogens with two attached hydrogens (primary N) is 1. The van der Waals surface area contributed by atoms with Gasteiger partial charge in [-0.25, -0.2) is 0 Å². The number of halogens is 1. The Labute approximate surface area is 111 Å². The van der Waals surface area contributed by atoms with Crippen molar-refractivity contribution in [2.75, 3.05) is 6.61 Å². The molecule has 0 heterocycles. The number of non-ortho nitro benzene ring substituents is 1. The first-order chi connectivity index (χ1) is 8.04. The highest BCUT2D eigenvalue weighted by atomic mass is 35.5. The highest BCUT2D eigenvalue weighted by Gasteiger charge is 2.13. The number of hydrogen-bond acceptors (Lipinski definition) is 5. The summed E-state index contributed by atoms with van der Waals surface area (Å²) in [5.41, 5.74) is 6.45. The average molecular weight is 275 g/mol. The lowest BCUT2D eigenvalue weighted by atomic mass is 10.0. The van der Waals surface area contributed by atoms with Crippen LogP contribution in [0.1, 0.15) is 24.9 Å². The summed E-state index contributed by atoms with van der Waals surface area (Å²) in [6, 6.07) is 5.31. The van der Waals surface area contributed by atoms with Gasteiger partial charge in [0.15, 0.2) is 0 Å². The van der Waals surface area contributed by atoms with Gasteiger partial charge in [-0.15, -0.1) is 12.4 Å². The van der Waals surface area contributed by atoms with Crippen LogP contribution >= 0.6 is 12.4 Å². The lowest BCUT2D eigenvalue weighted by Crippen LogP contribution is -2.17. The molecule has 1 atom stereocenters. The van der Waals surface area contributed by atoms with Crippen LogP contribution in [-0.2, 0) is 9.53 Å². The number of nitrogens with zero attached hydrogens (tertiary/aromatic N) is 1. The van der Waals surface area contributed by atoms with Gasteiger partial charge in [-0.2, -0.15) is 0 Å². The van der Waals surface area contributed by atoms with E-state index in [1.807, 2.05) is 0 Å². The molecule has 0 aromatic heterocycles. The molecule has 0 bridgehead atoms. The Morgan fingerprint density at radius 1 is 1.44 bits per heavy atom. The predicted octanol–water partition coefficient (Wildman–Crippen LogP) is 1.97. The van der Waals surface area contributed by atoms with Gasteiger partial charge in [-0.3, -0.25) is 14.9 Å². The number of benzene rings is 1. The van der Waals surface area contributed by atoms with Gasteiger partial charge >= 0.3 is 5.97 Å². The smallest absolute Gasteiger partial charge is 0.307 e. The van der Waals surface area contributed by atoms with Crippen molar-refractivity contribution in [1.29, 1.82) is 0 Å². The Morgan fingerprint density at radius 3 is 2.44 bits per heavy atom. The summed E-state index contributed by atoms with van der Waals surface area (Å²) in [4.78, 5) is 21.2. The third-order valence-electron chi connectivity index (χ3n) is 2.22. The molecule has 0 amide bonds. The molecule has 0 aliphatic rings. The molecule has 0 spiro atoms. The van der Waals surface area contributed by atoms with E-state index in [0.29, 0.717) is 12.2 Å². The van der Waals surface area contributed by atoms with Crippen molar-refractivity contribution in [2.45, 2.75) is 19.4 Å². The van der Waals surface area contributed by atoms with Crippen molar-refractivity contribution in [3.63, 3.8) is 0 Å². The first-order valence-corrected chi connectivity index (χ1v) is 5.20. The van der Waals surface area contributed by atoms with Gasteiger partial charge in [0, 0.05) is 18.2 Å². The number of nitro groups is 1. The van der Waals surface area contributed by atoms with Crippen LogP contribution < -0.4 is 5.73 Å². The molecule has 0 fully saturated rings. The summed E-state index contributed by atoms with van der Waals surface area (Å²) < 4.78 is 4.77. The minimum Gasteiger partial charge on any atom is -0.466 e. The number of carbonyl (C=O) groups excluding carboxylic acids is 1. The predicted molar refractivity (Wildman–Crippen MR) is 68.5 cm³/mol.